The van der Waals surface area contributed by atoms with Gasteiger partial charge in [-0.25, -0.2) is 0 Å². The molecule has 0 aliphatic carbocycles. The molecule has 26 heavy (non-hydrogen) atoms. The van der Waals surface area contributed by atoms with Crippen molar-refractivity contribution in [1.29, 1.82) is 0 Å². The summed E-state index contributed by atoms with van der Waals surface area (Å²) in [5, 5.41) is 8.11. The largest absolute Gasteiger partial charge is 0.323 e. The Hall–Kier alpha value is -2.74. The van der Waals surface area contributed by atoms with E-state index in [2.05, 4.69) is 34.8 Å². The molecule has 0 aliphatic heterocycles. The Bertz CT molecular complexity index is 992. The molecule has 1 N–H and O–H groups in total. The van der Waals surface area contributed by atoms with Crippen molar-refractivity contribution in [2.45, 2.75) is 13.8 Å². The minimum absolute atomic E-state index is 0.454. The fourth-order valence-corrected chi connectivity index (χ4v) is 3.77. The third kappa shape index (κ3) is 3.91. The number of hydrogen-bond acceptors (Lipinski definition) is 4. The van der Waals surface area contributed by atoms with Gasteiger partial charge in [-0.15, -0.1) is 16.2 Å². The lowest BCUT2D eigenvalue weighted by atomic mass is 10.0. The normalized spacial score (nSPS) is 9.54. The number of thiophene rings is 1. The summed E-state index contributed by atoms with van der Waals surface area (Å²) in [5.74, 6) is 0. The number of rotatable bonds is 2. The van der Waals surface area contributed by atoms with Gasteiger partial charge in [-0.3, -0.25) is 0 Å². The van der Waals surface area contributed by atoms with Gasteiger partial charge in [0.25, 0.3) is 0 Å². The highest BCUT2D eigenvalue weighted by atomic mass is 32.1. The van der Waals surface area contributed by atoms with Crippen molar-refractivity contribution in [2.75, 3.05) is 14.1 Å². The molecule has 0 saturated heterocycles. The van der Waals surface area contributed by atoms with Gasteiger partial charge in [-0.1, -0.05) is 62.4 Å². The lowest BCUT2D eigenvalue weighted by molar-refractivity contribution is 1.02. The van der Waals surface area contributed by atoms with Gasteiger partial charge < -0.3 is 5.32 Å². The van der Waals surface area contributed by atoms with E-state index < -0.39 is 0 Å². The van der Waals surface area contributed by atoms with Crippen molar-refractivity contribution in [3.8, 4) is 11.1 Å². The van der Waals surface area contributed by atoms with E-state index in [9.17, 15) is 4.91 Å². The van der Waals surface area contributed by atoms with E-state index in [0.29, 0.717) is 5.69 Å². The molecular formula is C22H22N2OS. The van der Waals surface area contributed by atoms with Crippen LogP contribution in [-0.2, 0) is 0 Å². The van der Waals surface area contributed by atoms with Crippen LogP contribution in [0.15, 0.2) is 59.8 Å². The first-order valence-corrected chi connectivity index (χ1v) is 9.36. The molecule has 0 saturated carbocycles. The van der Waals surface area contributed by atoms with Crippen LogP contribution in [0.25, 0.3) is 31.3 Å². The molecule has 0 fully saturated rings. The van der Waals surface area contributed by atoms with Crippen LogP contribution in [0.2, 0.25) is 0 Å². The van der Waals surface area contributed by atoms with Crippen LogP contribution in [-0.4, -0.2) is 14.1 Å². The summed E-state index contributed by atoms with van der Waals surface area (Å²) in [7, 11) is 3.75. The summed E-state index contributed by atoms with van der Waals surface area (Å²) < 4.78 is 2.33. The fraction of sp³-hybridized carbons (Fsp3) is 0.182. The predicted molar refractivity (Wildman–Crippen MR) is 114 cm³/mol. The molecule has 0 radical (unpaired) electrons. The Labute approximate surface area is 158 Å². The Morgan fingerprint density at radius 2 is 1.62 bits per heavy atom. The number of benzene rings is 2. The van der Waals surface area contributed by atoms with Crippen LogP contribution in [0.1, 0.15) is 13.8 Å². The number of nitrogens with zero attached hydrogens (tertiary/aromatic N) is 1. The van der Waals surface area contributed by atoms with Gasteiger partial charge in [0.15, 0.2) is 0 Å². The summed E-state index contributed by atoms with van der Waals surface area (Å²) in [6.45, 7) is 4.00. The van der Waals surface area contributed by atoms with Gasteiger partial charge in [0.1, 0.15) is 5.69 Å². The topological polar surface area (TPSA) is 41.5 Å². The van der Waals surface area contributed by atoms with Crippen molar-refractivity contribution in [2.24, 2.45) is 5.18 Å². The number of hydrogen-bond donors (Lipinski definition) is 1. The summed E-state index contributed by atoms with van der Waals surface area (Å²) in [5.41, 5.74) is 2.28. The molecule has 4 rings (SSSR count). The van der Waals surface area contributed by atoms with E-state index in [-0.39, 0.29) is 0 Å². The molecule has 0 spiro atoms. The number of nitroso groups, excluding NO2 is 1. The Balaban J connectivity index is 0.000000444. The van der Waals surface area contributed by atoms with Crippen molar-refractivity contribution in [1.82, 2.24) is 5.32 Å². The van der Waals surface area contributed by atoms with Crippen molar-refractivity contribution < 1.29 is 0 Å². The molecule has 4 aromatic rings. The molecular weight excluding hydrogens is 340 g/mol. The average Bonchev–Trinajstić information content (AvgIpc) is 3.09. The maximum Gasteiger partial charge on any atom is 0.115 e. The Kier molecular flexibility index (Phi) is 7.28. The minimum Gasteiger partial charge on any atom is -0.323 e. The fourth-order valence-electron chi connectivity index (χ4n) is 2.59. The zero-order chi connectivity index (χ0) is 18.9. The highest BCUT2D eigenvalue weighted by Crippen LogP contribution is 2.40. The van der Waals surface area contributed by atoms with E-state index in [1.165, 1.54) is 10.1 Å². The lowest BCUT2D eigenvalue weighted by Crippen LogP contribution is -1.89. The molecule has 0 aliphatic rings. The molecule has 132 valence electrons. The van der Waals surface area contributed by atoms with Gasteiger partial charge >= 0.3 is 0 Å². The second-order valence-electron chi connectivity index (χ2n) is 5.24. The van der Waals surface area contributed by atoms with Crippen LogP contribution < -0.4 is 5.32 Å². The maximum absolute atomic E-state index is 11.0. The van der Waals surface area contributed by atoms with E-state index in [1.54, 1.807) is 17.4 Å². The standard InChI is InChI=1S/C18H9NOS.C2H7N.C2H6/c20-19-16-10-3-1-6-12(16)14-8-5-9-15-13-7-2-4-11-17(13)21-18(14)15;1-3-2;1-2/h1-4,6-8,10-11H;3H,1-2H3;1-2H3. The zero-order valence-electron chi connectivity index (χ0n) is 15.5. The molecule has 3 aromatic carbocycles. The first-order chi connectivity index (χ1) is 12.8. The summed E-state index contributed by atoms with van der Waals surface area (Å²) in [6.07, 6.45) is 0. The van der Waals surface area contributed by atoms with Crippen molar-refractivity contribution in [3.63, 3.8) is 0 Å². The van der Waals surface area contributed by atoms with E-state index >= 15 is 0 Å². The van der Waals surface area contributed by atoms with Gasteiger partial charge in [-0.2, -0.15) is 0 Å². The van der Waals surface area contributed by atoms with Crippen LogP contribution in [0.4, 0.5) is 5.69 Å². The third-order valence-corrected chi connectivity index (χ3v) is 4.75. The molecule has 0 bridgehead atoms. The number of fused-ring (bicyclic) bond motifs is 3. The average molecular weight is 362 g/mol. The highest BCUT2D eigenvalue weighted by molar-refractivity contribution is 7.26. The second-order valence-corrected chi connectivity index (χ2v) is 6.29. The molecule has 1 heterocycles. The van der Waals surface area contributed by atoms with Gasteiger partial charge in [-0.05, 0) is 37.5 Å². The van der Waals surface area contributed by atoms with Crippen molar-refractivity contribution >= 4 is 37.2 Å². The van der Waals surface area contributed by atoms with Crippen LogP contribution in [0, 0.1) is 17.0 Å². The van der Waals surface area contributed by atoms with E-state index in [1.807, 2.05) is 64.3 Å². The first kappa shape index (κ1) is 19.6. The minimum atomic E-state index is 0.454. The molecule has 0 atom stereocenters. The maximum atomic E-state index is 11.0. The SMILES string of the molecule is CC.CNC.O=Nc1ccccc1-c1cc#cc2c1sc1ccccc12. The predicted octanol–water partition coefficient (Wildman–Crippen LogP) is 6.58. The van der Waals surface area contributed by atoms with E-state index in [0.717, 1.165) is 21.2 Å². The van der Waals surface area contributed by atoms with Gasteiger partial charge in [0, 0.05) is 21.2 Å². The third-order valence-electron chi connectivity index (χ3n) is 3.55. The summed E-state index contributed by atoms with van der Waals surface area (Å²) in [6, 6.07) is 23.8. The lowest BCUT2D eigenvalue weighted by Gasteiger charge is -2.03. The Morgan fingerprint density at radius 1 is 0.962 bits per heavy atom. The monoisotopic (exact) mass is 362 g/mol. The molecule has 3 nitrogen and oxygen atoms in total. The van der Waals surface area contributed by atoms with E-state index in [4.69, 9.17) is 0 Å². The van der Waals surface area contributed by atoms with Crippen LogP contribution in [0.3, 0.4) is 0 Å². The summed E-state index contributed by atoms with van der Waals surface area (Å²) >= 11 is 1.71. The summed E-state index contributed by atoms with van der Waals surface area (Å²) in [4.78, 5) is 11.0. The highest BCUT2D eigenvalue weighted by Gasteiger charge is 2.12. The smallest absolute Gasteiger partial charge is 0.115 e. The van der Waals surface area contributed by atoms with Gasteiger partial charge in [0.05, 0.1) is 10.1 Å². The van der Waals surface area contributed by atoms with Gasteiger partial charge in [0.2, 0.25) is 0 Å². The molecule has 0 unspecified atom stereocenters. The molecule has 0 amide bonds. The van der Waals surface area contributed by atoms with Crippen molar-refractivity contribution in [3.05, 3.63) is 71.6 Å². The quantitative estimate of drug-likeness (QED) is 0.409. The zero-order valence-corrected chi connectivity index (χ0v) is 16.3. The second kappa shape index (κ2) is 9.67. The first-order valence-electron chi connectivity index (χ1n) is 8.55. The van der Waals surface area contributed by atoms with Crippen LogP contribution >= 0.6 is 11.3 Å². The number of nitrogens with one attached hydrogen (secondary N) is 1. The molecule has 4 heteroatoms. The Morgan fingerprint density at radius 3 is 2.35 bits per heavy atom. The van der Waals surface area contributed by atoms with Crippen LogP contribution in [0.5, 0.6) is 0 Å². The molecule has 1 aromatic heterocycles.